The van der Waals surface area contributed by atoms with E-state index in [9.17, 15) is 4.79 Å². The number of benzene rings is 1. The quantitative estimate of drug-likeness (QED) is 0.473. The fourth-order valence-electron chi connectivity index (χ4n) is 3.08. The first-order chi connectivity index (χ1) is 13.6. The predicted molar refractivity (Wildman–Crippen MR) is 108 cm³/mol. The average Bonchev–Trinajstić information content (AvgIpc) is 3.00. The lowest BCUT2D eigenvalue weighted by molar-refractivity contribution is 0.677. The maximum atomic E-state index is 12.3. The number of aryl methyl sites for hydroxylation is 1. The number of nitrogens with one attached hydrogen (secondary N) is 2. The summed E-state index contributed by atoms with van der Waals surface area (Å²) in [6, 6.07) is 14.1. The lowest BCUT2D eigenvalue weighted by Crippen LogP contribution is -2.18. The zero-order chi connectivity index (χ0) is 19.5. The first-order valence-electron chi connectivity index (χ1n) is 9.01. The van der Waals surface area contributed by atoms with E-state index in [1.807, 2.05) is 30.3 Å². The van der Waals surface area contributed by atoms with E-state index in [-0.39, 0.29) is 11.5 Å². The Morgan fingerprint density at radius 3 is 2.64 bits per heavy atom. The van der Waals surface area contributed by atoms with Gasteiger partial charge in [0.05, 0.1) is 12.2 Å². The Hall–Kier alpha value is -3.52. The van der Waals surface area contributed by atoms with Crippen molar-refractivity contribution in [1.29, 1.82) is 0 Å². The van der Waals surface area contributed by atoms with Crippen molar-refractivity contribution in [1.82, 2.24) is 29.8 Å². The number of aromatic amines is 1. The molecule has 3 aromatic heterocycles. The van der Waals surface area contributed by atoms with Crippen LogP contribution < -0.4 is 16.7 Å². The van der Waals surface area contributed by atoms with E-state index >= 15 is 0 Å². The van der Waals surface area contributed by atoms with Crippen LogP contribution in [-0.4, -0.2) is 24.5 Å². The summed E-state index contributed by atoms with van der Waals surface area (Å²) >= 11 is 0. The van der Waals surface area contributed by atoms with Crippen LogP contribution in [0.25, 0.3) is 11.2 Å². The molecule has 0 saturated carbocycles. The summed E-state index contributed by atoms with van der Waals surface area (Å²) in [6.07, 6.45) is 1.78. The van der Waals surface area contributed by atoms with Crippen molar-refractivity contribution >= 4 is 17.0 Å². The van der Waals surface area contributed by atoms with Crippen LogP contribution >= 0.6 is 0 Å². The Morgan fingerprint density at radius 1 is 1.07 bits per heavy atom. The molecule has 0 spiro atoms. The molecule has 0 aliphatic carbocycles. The molecule has 4 N–H and O–H groups in total. The summed E-state index contributed by atoms with van der Waals surface area (Å²) < 4.78 is 1.55. The number of H-pyrrole nitrogens is 1. The Kier molecular flexibility index (Phi) is 4.86. The van der Waals surface area contributed by atoms with E-state index in [1.165, 1.54) is 5.56 Å². The van der Waals surface area contributed by atoms with Crippen LogP contribution in [0.15, 0.2) is 53.5 Å². The molecule has 0 atom stereocenters. The van der Waals surface area contributed by atoms with Gasteiger partial charge in [-0.25, -0.2) is 14.8 Å². The van der Waals surface area contributed by atoms with E-state index in [0.29, 0.717) is 30.1 Å². The average molecular weight is 375 g/mol. The molecule has 0 fully saturated rings. The highest BCUT2D eigenvalue weighted by atomic mass is 16.1. The van der Waals surface area contributed by atoms with Crippen LogP contribution in [0.4, 0.5) is 5.82 Å². The van der Waals surface area contributed by atoms with Crippen molar-refractivity contribution in [3.63, 3.8) is 0 Å². The molecule has 0 saturated heterocycles. The Bertz CT molecular complexity index is 1150. The van der Waals surface area contributed by atoms with Gasteiger partial charge in [0.1, 0.15) is 11.3 Å². The van der Waals surface area contributed by atoms with Crippen LogP contribution in [0.5, 0.6) is 0 Å². The number of anilines is 1. The van der Waals surface area contributed by atoms with E-state index < -0.39 is 0 Å². The Labute approximate surface area is 161 Å². The van der Waals surface area contributed by atoms with Crippen LogP contribution in [-0.2, 0) is 19.6 Å². The maximum absolute atomic E-state index is 12.3. The summed E-state index contributed by atoms with van der Waals surface area (Å²) in [7, 11) is 0. The second kappa shape index (κ2) is 7.61. The third kappa shape index (κ3) is 3.77. The molecule has 0 bridgehead atoms. The molecule has 4 aromatic rings. The number of nitrogens with two attached hydrogens (primary N) is 1. The van der Waals surface area contributed by atoms with Gasteiger partial charge in [0, 0.05) is 19.3 Å². The SMILES string of the molecule is Cc1nc(N)c2[nH]c(=O)n(Cc3ccc(CNCc4ccccc4)nc3)c2n1. The predicted octanol–water partition coefficient (Wildman–Crippen LogP) is 1.74. The molecule has 0 radical (unpaired) electrons. The highest BCUT2D eigenvalue weighted by Gasteiger charge is 2.13. The number of hydrogen-bond acceptors (Lipinski definition) is 6. The van der Waals surface area contributed by atoms with Gasteiger partial charge in [-0.15, -0.1) is 0 Å². The number of hydrogen-bond donors (Lipinski definition) is 3. The van der Waals surface area contributed by atoms with Gasteiger partial charge in [-0.3, -0.25) is 9.55 Å². The van der Waals surface area contributed by atoms with Crippen molar-refractivity contribution in [3.8, 4) is 0 Å². The monoisotopic (exact) mass is 375 g/mol. The fraction of sp³-hybridized carbons (Fsp3) is 0.200. The van der Waals surface area contributed by atoms with Crippen LogP contribution in [0.1, 0.15) is 22.6 Å². The van der Waals surface area contributed by atoms with Gasteiger partial charge in [-0.2, -0.15) is 0 Å². The van der Waals surface area contributed by atoms with Crippen LogP contribution in [0.3, 0.4) is 0 Å². The van der Waals surface area contributed by atoms with Gasteiger partial charge in [0.2, 0.25) is 0 Å². The van der Waals surface area contributed by atoms with Gasteiger partial charge >= 0.3 is 5.69 Å². The molecule has 0 amide bonds. The second-order valence-corrected chi connectivity index (χ2v) is 6.62. The molecule has 8 nitrogen and oxygen atoms in total. The summed E-state index contributed by atoms with van der Waals surface area (Å²) in [6.45, 7) is 3.57. The summed E-state index contributed by atoms with van der Waals surface area (Å²) in [5.41, 5.74) is 9.66. The van der Waals surface area contributed by atoms with Crippen molar-refractivity contribution < 1.29 is 0 Å². The molecule has 0 unspecified atom stereocenters. The number of nitrogens with zero attached hydrogens (tertiary/aromatic N) is 4. The van der Waals surface area contributed by atoms with Gasteiger partial charge in [-0.1, -0.05) is 36.4 Å². The summed E-state index contributed by atoms with van der Waals surface area (Å²) in [4.78, 5) is 28.0. The van der Waals surface area contributed by atoms with E-state index in [0.717, 1.165) is 17.8 Å². The summed E-state index contributed by atoms with van der Waals surface area (Å²) in [5, 5.41) is 3.38. The molecular formula is C20H21N7O. The van der Waals surface area contributed by atoms with Gasteiger partial charge in [0.25, 0.3) is 0 Å². The second-order valence-electron chi connectivity index (χ2n) is 6.62. The Balaban J connectivity index is 1.46. The van der Waals surface area contributed by atoms with Crippen molar-refractivity contribution in [2.45, 2.75) is 26.6 Å². The standard InChI is InChI=1S/C20H21N7O/c1-13-24-18(21)17-19(25-13)27(20(28)26-17)12-15-7-8-16(23-10-15)11-22-9-14-5-3-2-4-6-14/h2-8,10,22H,9,11-12H2,1H3,(H,26,28)(H2,21,24,25). The number of aromatic nitrogens is 5. The minimum Gasteiger partial charge on any atom is -0.382 e. The van der Waals surface area contributed by atoms with Gasteiger partial charge in [0.15, 0.2) is 11.5 Å². The number of pyridine rings is 1. The maximum Gasteiger partial charge on any atom is 0.328 e. The number of nitrogen functional groups attached to an aromatic ring is 1. The third-order valence-corrected chi connectivity index (χ3v) is 4.47. The molecule has 28 heavy (non-hydrogen) atoms. The normalized spacial score (nSPS) is 11.2. The van der Waals surface area contributed by atoms with Gasteiger partial charge < -0.3 is 16.0 Å². The first kappa shape index (κ1) is 17.9. The molecule has 0 aliphatic heterocycles. The molecule has 0 aliphatic rings. The zero-order valence-electron chi connectivity index (χ0n) is 15.5. The van der Waals surface area contributed by atoms with E-state index in [2.05, 4.69) is 37.4 Å². The first-order valence-corrected chi connectivity index (χ1v) is 9.01. The topological polar surface area (TPSA) is 115 Å². The number of fused-ring (bicyclic) bond motifs is 1. The van der Waals surface area contributed by atoms with E-state index in [1.54, 1.807) is 17.7 Å². The molecule has 142 valence electrons. The minimum absolute atomic E-state index is 0.268. The van der Waals surface area contributed by atoms with Crippen molar-refractivity contribution in [3.05, 3.63) is 81.8 Å². The van der Waals surface area contributed by atoms with Crippen LogP contribution in [0, 0.1) is 6.92 Å². The lowest BCUT2D eigenvalue weighted by Gasteiger charge is -2.07. The highest BCUT2D eigenvalue weighted by molar-refractivity contribution is 5.81. The van der Waals surface area contributed by atoms with Crippen molar-refractivity contribution in [2.75, 3.05) is 5.73 Å². The van der Waals surface area contributed by atoms with E-state index in [4.69, 9.17) is 5.73 Å². The largest absolute Gasteiger partial charge is 0.382 e. The minimum atomic E-state index is -0.268. The zero-order valence-corrected chi connectivity index (χ0v) is 15.5. The molecule has 1 aromatic carbocycles. The molecular weight excluding hydrogens is 354 g/mol. The molecule has 4 rings (SSSR count). The fourth-order valence-corrected chi connectivity index (χ4v) is 3.08. The van der Waals surface area contributed by atoms with Gasteiger partial charge in [-0.05, 0) is 24.1 Å². The number of rotatable bonds is 6. The van der Waals surface area contributed by atoms with Crippen molar-refractivity contribution in [2.24, 2.45) is 0 Å². The smallest absolute Gasteiger partial charge is 0.328 e. The Morgan fingerprint density at radius 2 is 1.89 bits per heavy atom. The lowest BCUT2D eigenvalue weighted by atomic mass is 10.2. The van der Waals surface area contributed by atoms with Crippen LogP contribution in [0.2, 0.25) is 0 Å². The highest BCUT2D eigenvalue weighted by Crippen LogP contribution is 2.15. The molecule has 8 heteroatoms. The summed E-state index contributed by atoms with van der Waals surface area (Å²) in [5.74, 6) is 0.798. The third-order valence-electron chi connectivity index (χ3n) is 4.47. The number of imidazole rings is 1. The molecule has 3 heterocycles.